The van der Waals surface area contributed by atoms with Gasteiger partial charge in [0.2, 0.25) is 5.95 Å². The zero-order valence-electron chi connectivity index (χ0n) is 18.2. The lowest BCUT2D eigenvalue weighted by Gasteiger charge is -2.30. The molecular weight excluding hydrogens is 473 g/mol. The van der Waals surface area contributed by atoms with Crippen molar-refractivity contribution < 1.29 is 23.1 Å². The Morgan fingerprint density at radius 2 is 1.88 bits per heavy atom. The van der Waals surface area contributed by atoms with Crippen molar-refractivity contribution in [3.05, 3.63) is 62.9 Å². The minimum Gasteiger partial charge on any atom is -0.478 e. The number of carboxylic acids is 1. The summed E-state index contributed by atoms with van der Waals surface area (Å²) in [5, 5.41) is 11.9. The van der Waals surface area contributed by atoms with E-state index in [1.807, 2.05) is 4.90 Å². The number of carboxylic acid groups (broad SMARTS) is 1. The van der Waals surface area contributed by atoms with Gasteiger partial charge in [0.05, 0.1) is 16.5 Å². The number of benzene rings is 2. The van der Waals surface area contributed by atoms with Crippen molar-refractivity contribution in [2.75, 3.05) is 23.3 Å². The SMILES string of the molecule is Cn1c(N2CCCCC2)nc2c(C(Nc3ccc(Cl)cc3C(=O)O)C(F)(F)F)cccc2c1=O. The number of halogens is 4. The van der Waals surface area contributed by atoms with E-state index in [-0.39, 0.29) is 27.2 Å². The summed E-state index contributed by atoms with van der Waals surface area (Å²) in [4.78, 5) is 31.1. The van der Waals surface area contributed by atoms with Crippen LogP contribution in [0.5, 0.6) is 0 Å². The third kappa shape index (κ3) is 4.54. The Kier molecular flexibility index (Phi) is 6.44. The van der Waals surface area contributed by atoms with Crippen molar-refractivity contribution in [3.63, 3.8) is 0 Å². The number of alkyl halides is 3. The molecular formula is C23H22ClF3N4O3. The predicted octanol–water partition coefficient (Wildman–Crippen LogP) is 4.99. The molecule has 2 heterocycles. The van der Waals surface area contributed by atoms with Gasteiger partial charge >= 0.3 is 12.1 Å². The fourth-order valence-corrected chi connectivity index (χ4v) is 4.40. The number of piperidine rings is 1. The fourth-order valence-electron chi connectivity index (χ4n) is 4.23. The topological polar surface area (TPSA) is 87.5 Å². The molecule has 1 aliphatic heterocycles. The number of fused-ring (bicyclic) bond motifs is 1. The first kappa shape index (κ1) is 23.9. The van der Waals surface area contributed by atoms with Crippen molar-refractivity contribution in [3.8, 4) is 0 Å². The summed E-state index contributed by atoms with van der Waals surface area (Å²) in [6, 6.07) is 5.29. The molecule has 0 amide bonds. The lowest BCUT2D eigenvalue weighted by atomic mass is 10.0. The summed E-state index contributed by atoms with van der Waals surface area (Å²) in [7, 11) is 1.55. The van der Waals surface area contributed by atoms with Crippen molar-refractivity contribution in [1.29, 1.82) is 0 Å². The highest BCUT2D eigenvalue weighted by molar-refractivity contribution is 6.31. The van der Waals surface area contributed by atoms with Gasteiger partial charge in [-0.25, -0.2) is 9.78 Å². The Balaban J connectivity index is 1.89. The van der Waals surface area contributed by atoms with Crippen LogP contribution in [0.2, 0.25) is 5.02 Å². The van der Waals surface area contributed by atoms with Gasteiger partial charge in [-0.2, -0.15) is 13.2 Å². The molecule has 34 heavy (non-hydrogen) atoms. The van der Waals surface area contributed by atoms with Crippen LogP contribution in [-0.4, -0.2) is 39.9 Å². The standard InChI is InChI=1S/C23H22ClF3N4O3/c1-30-20(32)15-7-5-6-14(18(15)29-22(30)31-10-3-2-4-11-31)19(23(25,26)27)28-17-9-8-13(24)12-16(17)21(33)34/h5-9,12,19,28H,2-4,10-11H2,1H3,(H,33,34). The van der Waals surface area contributed by atoms with Gasteiger partial charge in [0.15, 0.2) is 6.04 Å². The van der Waals surface area contributed by atoms with Crippen LogP contribution >= 0.6 is 11.6 Å². The smallest absolute Gasteiger partial charge is 0.412 e. The van der Waals surface area contributed by atoms with Crippen LogP contribution in [0.25, 0.3) is 10.9 Å². The first-order valence-corrected chi connectivity index (χ1v) is 11.1. The molecule has 2 N–H and O–H groups in total. The summed E-state index contributed by atoms with van der Waals surface area (Å²) in [6.45, 7) is 1.31. The highest BCUT2D eigenvalue weighted by Gasteiger charge is 2.43. The highest BCUT2D eigenvalue weighted by atomic mass is 35.5. The summed E-state index contributed by atoms with van der Waals surface area (Å²) in [5.41, 5.74) is -1.46. The van der Waals surface area contributed by atoms with Gasteiger partial charge in [0, 0.05) is 36.4 Å². The average Bonchev–Trinajstić information content (AvgIpc) is 2.80. The normalized spacial score (nSPS) is 15.4. The second kappa shape index (κ2) is 9.17. The summed E-state index contributed by atoms with van der Waals surface area (Å²) in [5.74, 6) is -1.12. The van der Waals surface area contributed by atoms with E-state index in [4.69, 9.17) is 11.6 Å². The van der Waals surface area contributed by atoms with Crippen LogP contribution < -0.4 is 15.8 Å². The summed E-state index contributed by atoms with van der Waals surface area (Å²) < 4.78 is 44.3. The van der Waals surface area contributed by atoms with Gasteiger partial charge in [-0.1, -0.05) is 23.7 Å². The molecule has 2 aromatic carbocycles. The number of para-hydroxylation sites is 1. The minimum atomic E-state index is -4.82. The van der Waals surface area contributed by atoms with E-state index in [1.165, 1.54) is 34.9 Å². The molecule has 1 atom stereocenters. The monoisotopic (exact) mass is 494 g/mol. The Morgan fingerprint density at radius 1 is 1.18 bits per heavy atom. The van der Waals surface area contributed by atoms with Crippen molar-refractivity contribution in [2.24, 2.45) is 7.05 Å². The highest BCUT2D eigenvalue weighted by Crippen LogP contribution is 2.39. The van der Waals surface area contributed by atoms with Gasteiger partial charge in [0.25, 0.3) is 5.56 Å². The fraction of sp³-hybridized carbons (Fsp3) is 0.348. The number of hydrogen-bond donors (Lipinski definition) is 2. The van der Waals surface area contributed by atoms with Gasteiger partial charge in [-0.05, 0) is 43.5 Å². The lowest BCUT2D eigenvalue weighted by molar-refractivity contribution is -0.143. The molecule has 11 heteroatoms. The number of hydrogen-bond acceptors (Lipinski definition) is 5. The molecule has 0 bridgehead atoms. The molecule has 180 valence electrons. The number of nitrogens with zero attached hydrogens (tertiary/aromatic N) is 3. The largest absolute Gasteiger partial charge is 0.478 e. The maximum atomic E-state index is 14.3. The molecule has 1 unspecified atom stereocenters. The van der Waals surface area contributed by atoms with E-state index in [1.54, 1.807) is 7.05 Å². The zero-order valence-corrected chi connectivity index (χ0v) is 19.0. The number of rotatable bonds is 5. The Morgan fingerprint density at radius 3 is 2.53 bits per heavy atom. The predicted molar refractivity (Wildman–Crippen MR) is 124 cm³/mol. The number of anilines is 2. The molecule has 0 radical (unpaired) electrons. The summed E-state index contributed by atoms with van der Waals surface area (Å²) in [6.07, 6.45) is -1.98. The van der Waals surface area contributed by atoms with Crippen LogP contribution in [0.4, 0.5) is 24.8 Å². The molecule has 0 aliphatic carbocycles. The van der Waals surface area contributed by atoms with E-state index in [2.05, 4.69) is 10.3 Å². The average molecular weight is 495 g/mol. The van der Waals surface area contributed by atoms with E-state index < -0.39 is 29.3 Å². The van der Waals surface area contributed by atoms with Crippen molar-refractivity contribution in [1.82, 2.24) is 9.55 Å². The maximum absolute atomic E-state index is 14.3. The third-order valence-corrected chi connectivity index (χ3v) is 6.14. The number of carbonyl (C=O) groups is 1. The van der Waals surface area contributed by atoms with E-state index >= 15 is 0 Å². The molecule has 1 aliphatic rings. The maximum Gasteiger partial charge on any atom is 0.412 e. The molecule has 7 nitrogen and oxygen atoms in total. The van der Waals surface area contributed by atoms with Gasteiger partial charge in [0.1, 0.15) is 0 Å². The number of aromatic nitrogens is 2. The molecule has 0 spiro atoms. The van der Waals surface area contributed by atoms with Crippen LogP contribution in [0, 0.1) is 0 Å². The molecule has 0 saturated carbocycles. The van der Waals surface area contributed by atoms with E-state index in [0.29, 0.717) is 19.0 Å². The molecule has 1 aromatic heterocycles. The van der Waals surface area contributed by atoms with Gasteiger partial charge in [-0.15, -0.1) is 0 Å². The van der Waals surface area contributed by atoms with E-state index in [9.17, 15) is 27.9 Å². The van der Waals surface area contributed by atoms with Crippen LogP contribution in [0.3, 0.4) is 0 Å². The lowest BCUT2D eigenvalue weighted by Crippen LogP contribution is -2.36. The van der Waals surface area contributed by atoms with Crippen LogP contribution in [0.15, 0.2) is 41.2 Å². The second-order valence-corrected chi connectivity index (χ2v) is 8.62. The zero-order chi connectivity index (χ0) is 24.6. The number of nitrogens with one attached hydrogen (secondary N) is 1. The Bertz CT molecular complexity index is 1300. The summed E-state index contributed by atoms with van der Waals surface area (Å²) >= 11 is 5.84. The first-order valence-electron chi connectivity index (χ1n) is 10.7. The van der Waals surface area contributed by atoms with Crippen molar-refractivity contribution in [2.45, 2.75) is 31.5 Å². The second-order valence-electron chi connectivity index (χ2n) is 8.18. The van der Waals surface area contributed by atoms with Gasteiger partial charge < -0.3 is 15.3 Å². The molecule has 1 saturated heterocycles. The van der Waals surface area contributed by atoms with Crippen molar-refractivity contribution >= 4 is 40.1 Å². The van der Waals surface area contributed by atoms with E-state index in [0.717, 1.165) is 25.3 Å². The minimum absolute atomic E-state index is 0.0476. The third-order valence-electron chi connectivity index (χ3n) is 5.90. The Hall–Kier alpha value is -3.27. The molecule has 4 rings (SSSR count). The Labute approximate surface area is 197 Å². The molecule has 3 aromatic rings. The van der Waals surface area contributed by atoms with Gasteiger partial charge in [-0.3, -0.25) is 9.36 Å². The first-order chi connectivity index (χ1) is 16.1. The number of aromatic carboxylic acids is 1. The van der Waals surface area contributed by atoms with Crippen LogP contribution in [-0.2, 0) is 7.05 Å². The quantitative estimate of drug-likeness (QED) is 0.519. The van der Waals surface area contributed by atoms with Crippen LogP contribution in [0.1, 0.15) is 41.2 Å². The molecule has 1 fully saturated rings.